The molecule has 198 valence electrons. The molecule has 0 N–H and O–H groups in total. The fraction of sp³-hybridized carbons (Fsp3) is 0.656. The molecule has 4 rings (SSSR count). The Morgan fingerprint density at radius 2 is 1.53 bits per heavy atom. The minimum absolute atomic E-state index is 0.0204. The highest BCUT2D eigenvalue weighted by atomic mass is 19.1. The van der Waals surface area contributed by atoms with Gasteiger partial charge in [0.2, 0.25) is 0 Å². The zero-order valence-electron chi connectivity index (χ0n) is 22.0. The van der Waals surface area contributed by atoms with Crippen molar-refractivity contribution in [1.82, 2.24) is 0 Å². The molecule has 0 bridgehead atoms. The van der Waals surface area contributed by atoms with Gasteiger partial charge >= 0.3 is 5.97 Å². The Hall–Kier alpha value is -1.97. The quantitative estimate of drug-likeness (QED) is 0.193. The lowest BCUT2D eigenvalue weighted by Gasteiger charge is -2.45. The van der Waals surface area contributed by atoms with E-state index in [0.717, 1.165) is 61.5 Å². The van der Waals surface area contributed by atoms with Crippen LogP contribution in [0.4, 0.5) is 8.78 Å². The first-order valence-corrected chi connectivity index (χ1v) is 14.4. The number of hydrogen-bond donors (Lipinski definition) is 0. The van der Waals surface area contributed by atoms with E-state index in [2.05, 4.69) is 25.7 Å². The fourth-order valence-corrected chi connectivity index (χ4v) is 7.36. The zero-order valence-corrected chi connectivity index (χ0v) is 22.0. The fourth-order valence-electron chi connectivity index (χ4n) is 7.36. The Balaban J connectivity index is 1.22. The highest BCUT2D eigenvalue weighted by Gasteiger charge is 2.39. The second-order valence-corrected chi connectivity index (χ2v) is 11.6. The molecule has 3 aliphatic rings. The van der Waals surface area contributed by atoms with Crippen molar-refractivity contribution in [3.63, 3.8) is 0 Å². The molecule has 0 spiro atoms. The van der Waals surface area contributed by atoms with Crippen molar-refractivity contribution in [2.75, 3.05) is 0 Å². The van der Waals surface area contributed by atoms with Crippen LogP contribution in [-0.4, -0.2) is 5.97 Å². The third kappa shape index (κ3) is 6.86. The van der Waals surface area contributed by atoms with E-state index in [9.17, 15) is 13.6 Å². The van der Waals surface area contributed by atoms with Crippen LogP contribution in [0, 0.1) is 47.1 Å². The molecule has 36 heavy (non-hydrogen) atoms. The number of allylic oxidation sites excluding steroid dienone is 3. The Kier molecular flexibility index (Phi) is 9.79. The second kappa shape index (κ2) is 13.0. The lowest BCUT2D eigenvalue weighted by Crippen LogP contribution is -2.35. The Bertz CT molecular complexity index is 892. The van der Waals surface area contributed by atoms with Crippen LogP contribution < -0.4 is 4.74 Å². The van der Waals surface area contributed by atoms with Crippen molar-refractivity contribution in [3.05, 3.63) is 54.1 Å². The third-order valence-corrected chi connectivity index (χ3v) is 9.44. The zero-order chi connectivity index (χ0) is 25.5. The number of benzene rings is 1. The highest BCUT2D eigenvalue weighted by molar-refractivity contribution is 5.75. The molecule has 4 atom stereocenters. The molecule has 3 fully saturated rings. The van der Waals surface area contributed by atoms with Gasteiger partial charge in [-0.05, 0) is 120 Å². The molecule has 1 aromatic carbocycles. The minimum atomic E-state index is -0.661. The molecule has 4 unspecified atom stereocenters. The standard InChI is InChI=1S/C32H44F2O2/c1-3-5-7-8-22-10-11-27-19-26(17-16-25(27)18-22)23-12-14-24(15-13-23)32(35)36-28-20-30(33)29(9-6-4-2)31(34)21-28/h3-5,20-27H,2,6-19H2,1H3/b5-3+. The summed E-state index contributed by atoms with van der Waals surface area (Å²) in [6.07, 6.45) is 21.6. The molecule has 3 aliphatic carbocycles. The van der Waals surface area contributed by atoms with Crippen molar-refractivity contribution >= 4 is 5.97 Å². The van der Waals surface area contributed by atoms with Crippen LogP contribution in [-0.2, 0) is 11.2 Å². The Morgan fingerprint density at radius 1 is 0.917 bits per heavy atom. The monoisotopic (exact) mass is 498 g/mol. The molecule has 1 aromatic rings. The highest BCUT2D eigenvalue weighted by Crippen LogP contribution is 2.49. The summed E-state index contributed by atoms with van der Waals surface area (Å²) in [5.41, 5.74) is 0.0204. The van der Waals surface area contributed by atoms with Crippen LogP contribution in [0.25, 0.3) is 0 Å². The van der Waals surface area contributed by atoms with Crippen molar-refractivity contribution in [1.29, 1.82) is 0 Å². The van der Waals surface area contributed by atoms with Crippen molar-refractivity contribution < 1.29 is 18.3 Å². The molecule has 2 nitrogen and oxygen atoms in total. The third-order valence-electron chi connectivity index (χ3n) is 9.44. The average molecular weight is 499 g/mol. The van der Waals surface area contributed by atoms with Crippen LogP contribution >= 0.6 is 0 Å². The van der Waals surface area contributed by atoms with Gasteiger partial charge in [0.25, 0.3) is 0 Å². The lowest BCUT2D eigenvalue weighted by molar-refractivity contribution is -0.140. The van der Waals surface area contributed by atoms with E-state index in [0.29, 0.717) is 12.3 Å². The normalized spacial score (nSPS) is 30.6. The molecule has 0 aromatic heterocycles. The van der Waals surface area contributed by atoms with E-state index in [1.807, 2.05) is 0 Å². The molecule has 0 heterocycles. The lowest BCUT2D eigenvalue weighted by atomic mass is 9.60. The first-order valence-electron chi connectivity index (χ1n) is 14.4. The molecule has 0 aliphatic heterocycles. The molecule has 0 amide bonds. The Morgan fingerprint density at radius 3 is 2.19 bits per heavy atom. The first kappa shape index (κ1) is 27.1. The Labute approximate surface area is 216 Å². The van der Waals surface area contributed by atoms with E-state index in [-0.39, 0.29) is 29.6 Å². The predicted octanol–water partition coefficient (Wildman–Crippen LogP) is 8.98. The number of halogens is 2. The van der Waals surface area contributed by atoms with Crippen molar-refractivity contribution in [3.8, 4) is 5.75 Å². The van der Waals surface area contributed by atoms with Gasteiger partial charge in [-0.15, -0.1) is 6.58 Å². The van der Waals surface area contributed by atoms with Gasteiger partial charge in [-0.3, -0.25) is 4.79 Å². The summed E-state index contributed by atoms with van der Waals surface area (Å²) in [5.74, 6) is 2.41. The van der Waals surface area contributed by atoms with Gasteiger partial charge in [0.1, 0.15) is 17.4 Å². The summed E-state index contributed by atoms with van der Waals surface area (Å²) in [6, 6.07) is 2.28. The van der Waals surface area contributed by atoms with Crippen LogP contribution in [0.5, 0.6) is 5.75 Å². The summed E-state index contributed by atoms with van der Waals surface area (Å²) < 4.78 is 34.1. The summed E-state index contributed by atoms with van der Waals surface area (Å²) in [5, 5.41) is 0. The van der Waals surface area contributed by atoms with Crippen molar-refractivity contribution in [2.45, 2.75) is 96.8 Å². The summed E-state index contributed by atoms with van der Waals surface area (Å²) >= 11 is 0. The average Bonchev–Trinajstić information content (AvgIpc) is 2.88. The first-order chi connectivity index (χ1) is 17.5. The second-order valence-electron chi connectivity index (χ2n) is 11.6. The summed E-state index contributed by atoms with van der Waals surface area (Å²) in [4.78, 5) is 12.8. The smallest absolute Gasteiger partial charge is 0.314 e. The van der Waals surface area contributed by atoms with Gasteiger partial charge in [-0.2, -0.15) is 0 Å². The predicted molar refractivity (Wildman–Crippen MR) is 142 cm³/mol. The van der Waals surface area contributed by atoms with E-state index in [1.54, 1.807) is 6.08 Å². The van der Waals surface area contributed by atoms with E-state index in [1.165, 1.54) is 51.4 Å². The number of rotatable bonds is 9. The maximum absolute atomic E-state index is 14.3. The molecular weight excluding hydrogens is 454 g/mol. The number of carbonyl (C=O) groups is 1. The molecule has 0 saturated heterocycles. The number of ether oxygens (including phenoxy) is 1. The number of carbonyl (C=O) groups excluding carboxylic acids is 1. The van der Waals surface area contributed by atoms with Gasteiger partial charge < -0.3 is 4.74 Å². The molecular formula is C32H44F2O2. The van der Waals surface area contributed by atoms with Crippen LogP contribution in [0.15, 0.2) is 36.9 Å². The van der Waals surface area contributed by atoms with Gasteiger partial charge in [0.05, 0.1) is 5.92 Å². The largest absolute Gasteiger partial charge is 0.426 e. The topological polar surface area (TPSA) is 26.3 Å². The number of esters is 1. The summed E-state index contributed by atoms with van der Waals surface area (Å²) in [6.45, 7) is 5.71. The summed E-state index contributed by atoms with van der Waals surface area (Å²) in [7, 11) is 0. The van der Waals surface area contributed by atoms with Gasteiger partial charge in [0, 0.05) is 17.7 Å². The maximum atomic E-state index is 14.3. The molecule has 3 saturated carbocycles. The van der Waals surface area contributed by atoms with E-state index < -0.39 is 11.6 Å². The molecule has 0 radical (unpaired) electrons. The van der Waals surface area contributed by atoms with Gasteiger partial charge in [0.15, 0.2) is 0 Å². The SMILES string of the molecule is C=CCCc1c(F)cc(OC(=O)C2CCC(C3CCC4CC(CC/C=C/C)CCC4C3)CC2)cc1F. The van der Waals surface area contributed by atoms with Crippen LogP contribution in [0.3, 0.4) is 0 Å². The molecule has 4 heteroatoms. The van der Waals surface area contributed by atoms with Crippen molar-refractivity contribution in [2.24, 2.45) is 35.5 Å². The number of hydrogen-bond acceptors (Lipinski definition) is 2. The number of fused-ring (bicyclic) bond motifs is 1. The van der Waals surface area contributed by atoms with Gasteiger partial charge in [-0.1, -0.05) is 24.6 Å². The maximum Gasteiger partial charge on any atom is 0.314 e. The van der Waals surface area contributed by atoms with E-state index in [4.69, 9.17) is 4.74 Å². The minimum Gasteiger partial charge on any atom is -0.426 e. The van der Waals surface area contributed by atoms with E-state index >= 15 is 0 Å². The van der Waals surface area contributed by atoms with Gasteiger partial charge in [-0.25, -0.2) is 8.78 Å². The van der Waals surface area contributed by atoms with Crippen LogP contribution in [0.1, 0.15) is 96.0 Å². The van der Waals surface area contributed by atoms with Crippen LogP contribution in [0.2, 0.25) is 0 Å².